The lowest BCUT2D eigenvalue weighted by molar-refractivity contribution is -0.150. The molecule has 34 heavy (non-hydrogen) atoms. The molecule has 3 amide bonds. The number of carbonyl (C=O) groups is 4. The van der Waals surface area contributed by atoms with Crippen molar-refractivity contribution in [2.75, 3.05) is 25.6 Å². The number of nitrogens with zero attached hydrogens (tertiary/aromatic N) is 6. The Morgan fingerprint density at radius 1 is 1.35 bits per heavy atom. The highest BCUT2D eigenvalue weighted by Gasteiger charge is 2.54. The van der Waals surface area contributed by atoms with Crippen LogP contribution in [0.15, 0.2) is 33.9 Å². The second kappa shape index (κ2) is 10.1. The first-order chi connectivity index (χ1) is 16.3. The van der Waals surface area contributed by atoms with Gasteiger partial charge in [-0.3, -0.25) is 19.3 Å². The van der Waals surface area contributed by atoms with Gasteiger partial charge in [-0.2, -0.15) is 0 Å². The minimum atomic E-state index is -1.21. The molecule has 2 aliphatic rings. The lowest BCUT2D eigenvalue weighted by Crippen LogP contribution is -2.70. The van der Waals surface area contributed by atoms with Gasteiger partial charge in [-0.05, 0) is 27.4 Å². The number of hydrogen-bond donors (Lipinski definition) is 2. The monoisotopic (exact) mass is 523 g/mol. The topological polar surface area (TPSA) is 151 Å². The molecule has 2 N–H and O–H groups in total. The maximum Gasteiger partial charge on any atom is 0.352 e. The van der Waals surface area contributed by atoms with E-state index in [9.17, 15) is 24.3 Å². The Bertz CT molecular complexity index is 1150. The fourth-order valence-electron chi connectivity index (χ4n) is 3.41. The quantitative estimate of drug-likeness (QED) is 0.337. The highest BCUT2D eigenvalue weighted by atomic mass is 32.2. The van der Waals surface area contributed by atoms with Crippen molar-refractivity contribution >= 4 is 58.6 Å². The van der Waals surface area contributed by atoms with E-state index in [4.69, 9.17) is 0 Å². The number of tetrazole rings is 1. The fraction of sp³-hybridized carbons (Fsp3) is 0.421. The van der Waals surface area contributed by atoms with Gasteiger partial charge >= 0.3 is 5.97 Å². The summed E-state index contributed by atoms with van der Waals surface area (Å²) < 4.78 is 1.35. The summed E-state index contributed by atoms with van der Waals surface area (Å²) in [5.74, 6) is -1.51. The van der Waals surface area contributed by atoms with Crippen LogP contribution in [0, 0.1) is 0 Å². The third kappa shape index (κ3) is 4.95. The number of likely N-dealkylation sites (N-methyl/N-ethyl adjacent to an activating group) is 1. The number of hydrogen-bond acceptors (Lipinski definition) is 10. The summed E-state index contributed by atoms with van der Waals surface area (Å²) in [6, 6.07) is 2.93. The Labute approximate surface area is 206 Å². The average molecular weight is 524 g/mol. The second-order valence-electron chi connectivity index (χ2n) is 7.66. The van der Waals surface area contributed by atoms with E-state index in [0.29, 0.717) is 16.5 Å². The summed E-state index contributed by atoms with van der Waals surface area (Å²) in [5, 5.41) is 25.7. The molecule has 0 aliphatic carbocycles. The zero-order valence-electron chi connectivity index (χ0n) is 18.2. The van der Waals surface area contributed by atoms with Gasteiger partial charge in [0.15, 0.2) is 0 Å². The lowest BCUT2D eigenvalue weighted by Gasteiger charge is -2.49. The Kier molecular flexibility index (Phi) is 7.23. The van der Waals surface area contributed by atoms with Gasteiger partial charge in [0.05, 0.1) is 6.42 Å². The first kappa shape index (κ1) is 24.2. The first-order valence-electron chi connectivity index (χ1n) is 10.1. The molecule has 4 heterocycles. The minimum Gasteiger partial charge on any atom is -0.477 e. The molecule has 0 saturated carbocycles. The molecule has 2 aromatic rings. The van der Waals surface area contributed by atoms with Crippen LogP contribution in [-0.2, 0) is 32.1 Å². The van der Waals surface area contributed by atoms with Gasteiger partial charge in [-0.1, -0.05) is 17.8 Å². The molecule has 0 aromatic carbocycles. The van der Waals surface area contributed by atoms with Crippen molar-refractivity contribution in [1.82, 2.24) is 35.3 Å². The second-order valence-corrected chi connectivity index (χ2v) is 10.7. The fourth-order valence-corrected chi connectivity index (χ4v) is 6.48. The Morgan fingerprint density at radius 3 is 2.82 bits per heavy atom. The number of β-lactam (4-membered cyclic amide) rings is 1. The maximum absolute atomic E-state index is 12.8. The molecular formula is C19H21N7O5S3. The van der Waals surface area contributed by atoms with Crippen LogP contribution < -0.4 is 5.32 Å². The van der Waals surface area contributed by atoms with E-state index in [1.54, 1.807) is 14.1 Å². The van der Waals surface area contributed by atoms with Gasteiger partial charge < -0.3 is 15.3 Å². The first-order valence-corrected chi connectivity index (χ1v) is 13.0. The zero-order chi connectivity index (χ0) is 24.4. The minimum absolute atomic E-state index is 0.0402. The Balaban J connectivity index is 1.42. The van der Waals surface area contributed by atoms with E-state index in [-0.39, 0.29) is 36.2 Å². The number of rotatable bonds is 9. The number of aromatic nitrogens is 4. The van der Waals surface area contributed by atoms with Crippen LogP contribution in [0.25, 0.3) is 0 Å². The molecule has 2 aromatic heterocycles. The molecule has 15 heteroatoms. The standard InChI is InChI=1S/C19H21N7O5S3/c1-24(2)13(28)7-25-19(21-22-23-25)34-9-10-8-33-17-14(16(29)26(17)15(10)18(30)31)20-12(27)6-11-4-3-5-32-11/h3-5,14,17H,6-9H2,1-2H3,(H,20,27)(H,30,31)/t14?,17-/m0/s1. The summed E-state index contributed by atoms with van der Waals surface area (Å²) in [6.45, 7) is -0.0402. The molecule has 1 fully saturated rings. The predicted octanol–water partition coefficient (Wildman–Crippen LogP) is -0.104. The van der Waals surface area contributed by atoms with Crippen molar-refractivity contribution < 1.29 is 24.3 Å². The van der Waals surface area contributed by atoms with E-state index in [1.807, 2.05) is 17.5 Å². The van der Waals surface area contributed by atoms with Gasteiger partial charge in [-0.25, -0.2) is 9.48 Å². The number of thioether (sulfide) groups is 2. The molecule has 1 saturated heterocycles. The van der Waals surface area contributed by atoms with E-state index in [1.165, 1.54) is 49.3 Å². The van der Waals surface area contributed by atoms with Gasteiger partial charge in [0.1, 0.15) is 23.7 Å². The number of thiophene rings is 1. The molecule has 0 radical (unpaired) electrons. The Morgan fingerprint density at radius 2 is 2.15 bits per heavy atom. The molecule has 12 nitrogen and oxygen atoms in total. The third-order valence-electron chi connectivity index (χ3n) is 5.14. The van der Waals surface area contributed by atoms with Crippen LogP contribution in [0.2, 0.25) is 0 Å². The number of fused-ring (bicyclic) bond motifs is 1. The normalized spacial score (nSPS) is 19.5. The van der Waals surface area contributed by atoms with E-state index in [2.05, 4.69) is 20.8 Å². The number of aliphatic carboxylic acids is 1. The summed E-state index contributed by atoms with van der Waals surface area (Å²) in [6.07, 6.45) is 0.174. The van der Waals surface area contributed by atoms with Gasteiger partial charge in [0, 0.05) is 30.5 Å². The molecule has 2 aliphatic heterocycles. The molecule has 180 valence electrons. The van der Waals surface area contributed by atoms with Gasteiger partial charge in [0.2, 0.25) is 17.0 Å². The molecular weight excluding hydrogens is 502 g/mol. The van der Waals surface area contributed by atoms with E-state index >= 15 is 0 Å². The lowest BCUT2D eigenvalue weighted by atomic mass is 10.0. The average Bonchev–Trinajstić information content (AvgIpc) is 3.47. The van der Waals surface area contributed by atoms with Gasteiger partial charge in [0.25, 0.3) is 5.91 Å². The molecule has 4 rings (SSSR count). The summed E-state index contributed by atoms with van der Waals surface area (Å²) in [7, 11) is 3.25. The smallest absolute Gasteiger partial charge is 0.352 e. The molecule has 0 spiro atoms. The number of carboxylic acid groups (broad SMARTS) is 1. The Hall–Kier alpha value is -2.91. The van der Waals surface area contributed by atoms with Crippen molar-refractivity contribution in [1.29, 1.82) is 0 Å². The van der Waals surface area contributed by atoms with Gasteiger partial charge in [-0.15, -0.1) is 28.2 Å². The van der Waals surface area contributed by atoms with Crippen LogP contribution in [0.1, 0.15) is 4.88 Å². The van der Waals surface area contributed by atoms with Crippen LogP contribution in [0.3, 0.4) is 0 Å². The SMILES string of the molecule is CN(C)C(=O)Cn1nnnc1SCC1=C(C(=O)O)N2C(=O)C(NC(=O)Cc3cccs3)[C@@H]2SC1. The third-order valence-corrected chi connectivity index (χ3v) is 8.40. The number of nitrogens with one attached hydrogen (secondary N) is 1. The predicted molar refractivity (Wildman–Crippen MR) is 125 cm³/mol. The largest absolute Gasteiger partial charge is 0.477 e. The molecule has 2 atom stereocenters. The number of carboxylic acids is 1. The number of amides is 3. The molecule has 1 unspecified atom stereocenters. The van der Waals surface area contributed by atoms with Crippen LogP contribution >= 0.6 is 34.9 Å². The van der Waals surface area contributed by atoms with Crippen molar-refractivity contribution in [2.45, 2.75) is 29.5 Å². The highest BCUT2D eigenvalue weighted by molar-refractivity contribution is 8.01. The van der Waals surface area contributed by atoms with Crippen LogP contribution in [0.5, 0.6) is 0 Å². The van der Waals surface area contributed by atoms with E-state index < -0.39 is 23.3 Å². The summed E-state index contributed by atoms with van der Waals surface area (Å²) in [4.78, 5) is 52.7. The maximum atomic E-state index is 12.8. The summed E-state index contributed by atoms with van der Waals surface area (Å²) in [5.41, 5.74) is 0.470. The van der Waals surface area contributed by atoms with Crippen molar-refractivity contribution in [3.8, 4) is 0 Å². The van der Waals surface area contributed by atoms with Crippen molar-refractivity contribution in [3.63, 3.8) is 0 Å². The molecule has 0 bridgehead atoms. The zero-order valence-corrected chi connectivity index (χ0v) is 20.7. The van der Waals surface area contributed by atoms with Crippen LogP contribution in [-0.4, -0.2) is 95.8 Å². The van der Waals surface area contributed by atoms with Crippen molar-refractivity contribution in [2.24, 2.45) is 0 Å². The van der Waals surface area contributed by atoms with Crippen molar-refractivity contribution in [3.05, 3.63) is 33.7 Å². The number of carbonyl (C=O) groups excluding carboxylic acids is 3. The van der Waals surface area contributed by atoms with Crippen LogP contribution in [0.4, 0.5) is 0 Å². The highest BCUT2D eigenvalue weighted by Crippen LogP contribution is 2.41. The summed E-state index contributed by atoms with van der Waals surface area (Å²) >= 11 is 4.05. The van der Waals surface area contributed by atoms with E-state index in [0.717, 1.165) is 4.88 Å².